The van der Waals surface area contributed by atoms with Gasteiger partial charge in [-0.1, -0.05) is 0 Å². The summed E-state index contributed by atoms with van der Waals surface area (Å²) in [7, 11) is -2.50. The molecular formula is C18H19F2N5O3S. The summed E-state index contributed by atoms with van der Waals surface area (Å²) in [4.78, 5) is 12.7. The van der Waals surface area contributed by atoms with Crippen molar-refractivity contribution in [3.8, 4) is 5.75 Å². The van der Waals surface area contributed by atoms with Gasteiger partial charge in [-0.05, 0) is 24.3 Å². The highest BCUT2D eigenvalue weighted by Crippen LogP contribution is 2.37. The monoisotopic (exact) mass is 423 g/mol. The van der Waals surface area contributed by atoms with Gasteiger partial charge < -0.3 is 20.4 Å². The number of sulfone groups is 1. The van der Waals surface area contributed by atoms with Crippen molar-refractivity contribution < 1.29 is 21.9 Å². The van der Waals surface area contributed by atoms with Gasteiger partial charge in [0.1, 0.15) is 33.8 Å². The number of ether oxygens (including phenoxy) is 1. The fourth-order valence-corrected chi connectivity index (χ4v) is 4.89. The van der Waals surface area contributed by atoms with Gasteiger partial charge in [0.15, 0.2) is 5.82 Å². The summed E-state index contributed by atoms with van der Waals surface area (Å²) in [5, 5.41) is 0. The molecule has 1 aliphatic heterocycles. The molecule has 11 heteroatoms. The Morgan fingerprint density at radius 1 is 1.17 bits per heavy atom. The maximum atomic E-state index is 13.5. The average molecular weight is 423 g/mol. The van der Waals surface area contributed by atoms with E-state index in [4.69, 9.17) is 10.5 Å². The van der Waals surface area contributed by atoms with E-state index in [0.29, 0.717) is 17.1 Å². The Hall–Kier alpha value is -2.95. The molecule has 2 aromatic heterocycles. The molecule has 0 bridgehead atoms. The van der Waals surface area contributed by atoms with Crippen LogP contribution in [0.15, 0.2) is 40.4 Å². The Kier molecular flexibility index (Phi) is 4.56. The van der Waals surface area contributed by atoms with Gasteiger partial charge in [-0.3, -0.25) is 0 Å². The van der Waals surface area contributed by atoms with Gasteiger partial charge in [0.25, 0.3) is 5.92 Å². The molecule has 0 saturated carbocycles. The van der Waals surface area contributed by atoms with E-state index < -0.39 is 15.8 Å². The molecule has 0 atom stereocenters. The number of hydrogen-bond donors (Lipinski definition) is 2. The Morgan fingerprint density at radius 2 is 1.83 bits per heavy atom. The summed E-state index contributed by atoms with van der Waals surface area (Å²) in [5.41, 5.74) is 6.44. The molecule has 0 radical (unpaired) electrons. The van der Waals surface area contributed by atoms with Crippen LogP contribution in [0.2, 0.25) is 0 Å². The second-order valence-corrected chi connectivity index (χ2v) is 8.70. The predicted molar refractivity (Wildman–Crippen MR) is 103 cm³/mol. The minimum Gasteiger partial charge on any atom is -0.497 e. The van der Waals surface area contributed by atoms with E-state index in [-0.39, 0.29) is 47.1 Å². The molecule has 3 aromatic rings. The maximum Gasteiger partial charge on any atom is 0.251 e. The smallest absolute Gasteiger partial charge is 0.251 e. The Balaban J connectivity index is 1.79. The fraction of sp³-hybridized carbons (Fsp3) is 0.333. The number of aromatic amines is 1. The third-order valence-electron chi connectivity index (χ3n) is 4.98. The highest BCUT2D eigenvalue weighted by molar-refractivity contribution is 7.92. The molecule has 0 amide bonds. The number of alkyl halides is 2. The van der Waals surface area contributed by atoms with Gasteiger partial charge in [-0.25, -0.2) is 27.2 Å². The lowest BCUT2D eigenvalue weighted by Gasteiger charge is -2.32. The zero-order chi connectivity index (χ0) is 20.8. The highest BCUT2D eigenvalue weighted by atomic mass is 32.2. The third kappa shape index (κ3) is 3.35. The van der Waals surface area contributed by atoms with Crippen molar-refractivity contribution in [2.24, 2.45) is 0 Å². The predicted octanol–water partition coefficient (Wildman–Crippen LogP) is 2.62. The molecule has 3 N–H and O–H groups in total. The van der Waals surface area contributed by atoms with E-state index in [1.807, 2.05) is 0 Å². The maximum absolute atomic E-state index is 13.5. The molecule has 1 saturated heterocycles. The van der Waals surface area contributed by atoms with Gasteiger partial charge in [0.2, 0.25) is 9.84 Å². The lowest BCUT2D eigenvalue weighted by atomic mass is 10.1. The molecule has 1 aliphatic rings. The normalized spacial score (nSPS) is 16.9. The van der Waals surface area contributed by atoms with Crippen LogP contribution >= 0.6 is 0 Å². The van der Waals surface area contributed by atoms with Crippen LogP contribution in [-0.4, -0.2) is 49.5 Å². The second kappa shape index (κ2) is 6.83. The number of hydrogen-bond acceptors (Lipinski definition) is 7. The van der Waals surface area contributed by atoms with E-state index in [9.17, 15) is 17.2 Å². The average Bonchev–Trinajstić information content (AvgIpc) is 3.04. The van der Waals surface area contributed by atoms with E-state index in [2.05, 4.69) is 15.0 Å². The SMILES string of the molecule is COc1ccc(S(=O)(=O)c2c(N)[nH]c3c(N4CCC(F)(F)CC4)ncnc23)cc1. The molecule has 1 aromatic carbocycles. The molecule has 3 heterocycles. The lowest BCUT2D eigenvalue weighted by Crippen LogP contribution is -2.39. The van der Waals surface area contributed by atoms with Crippen LogP contribution in [0.5, 0.6) is 5.75 Å². The Labute approximate surface area is 165 Å². The largest absolute Gasteiger partial charge is 0.497 e. The fourth-order valence-electron chi connectivity index (χ4n) is 3.41. The van der Waals surface area contributed by atoms with Crippen LogP contribution in [0.3, 0.4) is 0 Å². The molecular weight excluding hydrogens is 404 g/mol. The van der Waals surface area contributed by atoms with Crippen molar-refractivity contribution in [2.75, 3.05) is 30.8 Å². The van der Waals surface area contributed by atoms with Crippen molar-refractivity contribution in [3.63, 3.8) is 0 Å². The molecule has 4 rings (SSSR count). The van der Waals surface area contributed by atoms with E-state index in [1.54, 1.807) is 4.90 Å². The van der Waals surface area contributed by atoms with Gasteiger partial charge in [0, 0.05) is 25.9 Å². The first-order chi connectivity index (χ1) is 13.7. The van der Waals surface area contributed by atoms with Crippen molar-refractivity contribution in [2.45, 2.75) is 28.6 Å². The van der Waals surface area contributed by atoms with Crippen LogP contribution in [0.4, 0.5) is 20.4 Å². The van der Waals surface area contributed by atoms with Gasteiger partial charge >= 0.3 is 0 Å². The number of anilines is 2. The van der Waals surface area contributed by atoms with Crippen LogP contribution < -0.4 is 15.4 Å². The molecule has 29 heavy (non-hydrogen) atoms. The highest BCUT2D eigenvalue weighted by Gasteiger charge is 2.36. The number of nitrogen functional groups attached to an aromatic ring is 1. The minimum absolute atomic E-state index is 0.0312. The van der Waals surface area contributed by atoms with Crippen molar-refractivity contribution in [1.82, 2.24) is 15.0 Å². The zero-order valence-corrected chi connectivity index (χ0v) is 16.3. The molecule has 1 fully saturated rings. The molecule has 0 aliphatic carbocycles. The number of rotatable bonds is 4. The van der Waals surface area contributed by atoms with Crippen LogP contribution in [0.25, 0.3) is 11.0 Å². The number of methoxy groups -OCH3 is 1. The van der Waals surface area contributed by atoms with Crippen molar-refractivity contribution in [1.29, 1.82) is 0 Å². The number of piperidine rings is 1. The Bertz CT molecular complexity index is 1150. The van der Waals surface area contributed by atoms with Gasteiger partial charge in [0.05, 0.1) is 12.0 Å². The summed E-state index contributed by atoms with van der Waals surface area (Å²) in [6.45, 7) is 0.192. The topological polar surface area (TPSA) is 114 Å². The first kappa shape index (κ1) is 19.4. The first-order valence-corrected chi connectivity index (χ1v) is 10.4. The van der Waals surface area contributed by atoms with Gasteiger partial charge in [-0.15, -0.1) is 0 Å². The number of fused-ring (bicyclic) bond motifs is 1. The molecule has 8 nitrogen and oxygen atoms in total. The second-order valence-electron chi connectivity index (χ2n) is 6.81. The van der Waals surface area contributed by atoms with Crippen molar-refractivity contribution >= 4 is 32.5 Å². The minimum atomic E-state index is -3.98. The van der Waals surface area contributed by atoms with Crippen molar-refractivity contribution in [3.05, 3.63) is 30.6 Å². The molecule has 154 valence electrons. The number of nitrogens with one attached hydrogen (secondary N) is 1. The van der Waals surface area contributed by atoms with E-state index in [0.717, 1.165) is 0 Å². The van der Waals surface area contributed by atoms with E-state index >= 15 is 0 Å². The summed E-state index contributed by atoms with van der Waals surface area (Å²) in [5.74, 6) is -1.92. The summed E-state index contributed by atoms with van der Waals surface area (Å²) in [6, 6.07) is 5.90. The third-order valence-corrected chi connectivity index (χ3v) is 6.82. The number of nitrogens with zero attached hydrogens (tertiary/aromatic N) is 3. The Morgan fingerprint density at radius 3 is 2.45 bits per heavy atom. The van der Waals surface area contributed by atoms with Crippen LogP contribution in [-0.2, 0) is 9.84 Å². The number of aromatic nitrogens is 3. The number of benzene rings is 1. The number of H-pyrrole nitrogens is 1. The molecule has 0 unspecified atom stereocenters. The molecule has 0 spiro atoms. The summed E-state index contributed by atoms with van der Waals surface area (Å²) >= 11 is 0. The first-order valence-electron chi connectivity index (χ1n) is 8.87. The zero-order valence-electron chi connectivity index (χ0n) is 15.5. The van der Waals surface area contributed by atoms with E-state index in [1.165, 1.54) is 37.7 Å². The number of halogens is 2. The van der Waals surface area contributed by atoms with Crippen LogP contribution in [0, 0.1) is 0 Å². The quantitative estimate of drug-likeness (QED) is 0.663. The number of nitrogens with two attached hydrogens (primary N) is 1. The standard InChI is InChI=1S/C18H19F2N5O3S/c1-28-11-2-4-12(5-3-11)29(26,27)15-13-14(24-16(15)21)17(23-10-22-13)25-8-6-18(19,20)7-9-25/h2-5,10,24H,6-9,21H2,1H3. The summed E-state index contributed by atoms with van der Waals surface area (Å²) < 4.78 is 58.4. The van der Waals surface area contributed by atoms with Crippen LogP contribution in [0.1, 0.15) is 12.8 Å². The summed E-state index contributed by atoms with van der Waals surface area (Å²) in [6.07, 6.45) is 0.613. The van der Waals surface area contributed by atoms with Gasteiger partial charge in [-0.2, -0.15) is 0 Å². The lowest BCUT2D eigenvalue weighted by molar-refractivity contribution is -0.0221.